The summed E-state index contributed by atoms with van der Waals surface area (Å²) in [5.41, 5.74) is 3.76. The first kappa shape index (κ1) is 17.9. The molecule has 0 radical (unpaired) electrons. The summed E-state index contributed by atoms with van der Waals surface area (Å²) in [5, 5.41) is 3.17. The summed E-state index contributed by atoms with van der Waals surface area (Å²) in [4.78, 5) is 41.9. The van der Waals surface area contributed by atoms with Crippen molar-refractivity contribution in [3.05, 3.63) is 45.2 Å². The Morgan fingerprint density at radius 1 is 1.00 bits per heavy atom. The highest BCUT2D eigenvalue weighted by Gasteiger charge is 2.41. The van der Waals surface area contributed by atoms with Crippen LogP contribution in [0, 0.1) is 19.3 Å². The van der Waals surface area contributed by atoms with Crippen LogP contribution in [0.15, 0.2) is 23.0 Å². The number of H-pyrrole nitrogens is 1. The maximum Gasteiger partial charge on any atom is 0.227 e. The number of fused-ring (bicyclic) bond motifs is 1. The van der Waals surface area contributed by atoms with Gasteiger partial charge in [0.1, 0.15) is 0 Å². The Bertz CT molecular complexity index is 966. The normalized spacial score (nSPS) is 20.2. The van der Waals surface area contributed by atoms with Crippen LogP contribution in [0.3, 0.4) is 0 Å². The quantitative estimate of drug-likeness (QED) is 0.797. The van der Waals surface area contributed by atoms with Gasteiger partial charge in [-0.1, -0.05) is 12.1 Å². The molecule has 2 fully saturated rings. The molecule has 2 aliphatic rings. The second-order valence-corrected chi connectivity index (χ2v) is 8.21. The lowest BCUT2D eigenvalue weighted by Gasteiger charge is -2.43. The van der Waals surface area contributed by atoms with Gasteiger partial charge in [0.15, 0.2) is 5.43 Å². The minimum atomic E-state index is -0.180. The van der Waals surface area contributed by atoms with Gasteiger partial charge in [0.2, 0.25) is 11.8 Å². The van der Waals surface area contributed by atoms with Gasteiger partial charge >= 0.3 is 0 Å². The van der Waals surface area contributed by atoms with E-state index >= 15 is 0 Å². The van der Waals surface area contributed by atoms with E-state index in [1.807, 2.05) is 26.0 Å². The Labute approximate surface area is 157 Å². The van der Waals surface area contributed by atoms with Crippen molar-refractivity contribution in [2.45, 2.75) is 46.1 Å². The lowest BCUT2D eigenvalue weighted by molar-refractivity contribution is -0.139. The van der Waals surface area contributed by atoms with E-state index in [-0.39, 0.29) is 22.7 Å². The fourth-order valence-corrected chi connectivity index (χ4v) is 4.57. The van der Waals surface area contributed by atoms with Crippen molar-refractivity contribution in [2.24, 2.45) is 5.41 Å². The number of nitrogens with one attached hydrogen (secondary N) is 2. The minimum absolute atomic E-state index is 0.0583. The van der Waals surface area contributed by atoms with Crippen molar-refractivity contribution in [1.82, 2.24) is 15.2 Å². The molecule has 6 nitrogen and oxygen atoms in total. The fraction of sp³-hybridized carbons (Fsp3) is 0.476. The number of carbonyl (C=O) groups is 2. The number of carbonyl (C=O) groups excluding carboxylic acids is 2. The summed E-state index contributed by atoms with van der Waals surface area (Å²) in [7, 11) is 0. The zero-order chi connectivity index (χ0) is 19.2. The van der Waals surface area contributed by atoms with Crippen LogP contribution in [0.25, 0.3) is 10.9 Å². The summed E-state index contributed by atoms with van der Waals surface area (Å²) in [5.74, 6) is -0.297. The van der Waals surface area contributed by atoms with Gasteiger partial charge < -0.3 is 4.98 Å². The van der Waals surface area contributed by atoms with E-state index in [0.29, 0.717) is 19.4 Å². The molecule has 27 heavy (non-hydrogen) atoms. The molecule has 2 N–H and O–H groups in total. The molecule has 0 bridgehead atoms. The van der Waals surface area contributed by atoms with E-state index in [1.165, 1.54) is 0 Å². The van der Waals surface area contributed by atoms with Gasteiger partial charge in [-0.25, -0.2) is 0 Å². The third-order valence-electron chi connectivity index (χ3n) is 6.12. The van der Waals surface area contributed by atoms with Crippen LogP contribution in [0.4, 0.5) is 0 Å². The zero-order valence-corrected chi connectivity index (χ0v) is 15.9. The molecular formula is C21H25N3O3. The maximum absolute atomic E-state index is 12.6. The molecule has 0 aliphatic carbocycles. The number of pyridine rings is 1. The maximum atomic E-state index is 12.6. The van der Waals surface area contributed by atoms with Crippen LogP contribution in [0.2, 0.25) is 0 Å². The number of amides is 2. The molecule has 2 saturated heterocycles. The first-order valence-electron chi connectivity index (χ1n) is 9.52. The number of likely N-dealkylation sites (tertiary alicyclic amines) is 1. The monoisotopic (exact) mass is 367 g/mol. The molecule has 0 unspecified atom stereocenters. The van der Waals surface area contributed by atoms with E-state index in [9.17, 15) is 14.4 Å². The van der Waals surface area contributed by atoms with E-state index in [4.69, 9.17) is 0 Å². The van der Waals surface area contributed by atoms with E-state index in [0.717, 1.165) is 53.7 Å². The molecule has 2 aromatic rings. The van der Waals surface area contributed by atoms with Gasteiger partial charge in [0.25, 0.3) is 0 Å². The predicted octanol–water partition coefficient (Wildman–Crippen LogP) is 2.16. The van der Waals surface area contributed by atoms with Crippen molar-refractivity contribution in [3.8, 4) is 0 Å². The van der Waals surface area contributed by atoms with Crippen molar-refractivity contribution in [1.29, 1.82) is 0 Å². The van der Waals surface area contributed by atoms with Crippen LogP contribution in [0.1, 0.15) is 42.5 Å². The number of nitrogens with zero attached hydrogens (tertiary/aromatic N) is 1. The molecule has 142 valence electrons. The Morgan fingerprint density at radius 2 is 1.63 bits per heavy atom. The summed E-state index contributed by atoms with van der Waals surface area (Å²) in [6.07, 6.45) is 2.56. The van der Waals surface area contributed by atoms with E-state index in [1.54, 1.807) is 6.07 Å². The molecule has 1 aromatic carbocycles. The average Bonchev–Trinajstić information content (AvgIpc) is 2.59. The Hall–Kier alpha value is -2.47. The number of piperidine rings is 2. The third-order valence-corrected chi connectivity index (χ3v) is 6.12. The van der Waals surface area contributed by atoms with Gasteiger partial charge in [-0.15, -0.1) is 0 Å². The van der Waals surface area contributed by atoms with Crippen LogP contribution in [-0.4, -0.2) is 34.8 Å². The summed E-state index contributed by atoms with van der Waals surface area (Å²) < 4.78 is 0. The van der Waals surface area contributed by atoms with E-state index in [2.05, 4.69) is 15.2 Å². The third kappa shape index (κ3) is 3.41. The Balaban J connectivity index is 1.51. The van der Waals surface area contributed by atoms with Crippen LogP contribution in [-0.2, 0) is 16.1 Å². The van der Waals surface area contributed by atoms with Crippen molar-refractivity contribution in [3.63, 3.8) is 0 Å². The molecule has 0 atom stereocenters. The second-order valence-electron chi connectivity index (χ2n) is 8.21. The summed E-state index contributed by atoms with van der Waals surface area (Å²) in [6.45, 7) is 6.30. The number of aryl methyl sites for hydroxylation is 2. The molecule has 3 heterocycles. The average molecular weight is 367 g/mol. The molecule has 4 rings (SSSR count). The standard InChI is InChI=1S/C21H25N3O3/c1-13-3-4-14(2)20-19(13)16(25)9-15(22-20)12-24-7-5-21(6-8-24)10-17(26)23-18(27)11-21/h3-4,9H,5-8,10-12H2,1-2H3,(H,22,25)(H,23,26,27). The first-order valence-corrected chi connectivity index (χ1v) is 9.52. The zero-order valence-electron chi connectivity index (χ0n) is 15.9. The van der Waals surface area contributed by atoms with Gasteiger partial charge in [0, 0.05) is 36.5 Å². The smallest absolute Gasteiger partial charge is 0.227 e. The van der Waals surface area contributed by atoms with E-state index < -0.39 is 0 Å². The van der Waals surface area contributed by atoms with Crippen molar-refractivity contribution in [2.75, 3.05) is 13.1 Å². The molecule has 2 amide bonds. The van der Waals surface area contributed by atoms with Crippen molar-refractivity contribution >= 4 is 22.7 Å². The summed E-state index contributed by atoms with van der Waals surface area (Å²) in [6, 6.07) is 5.72. The summed E-state index contributed by atoms with van der Waals surface area (Å²) >= 11 is 0. The highest BCUT2D eigenvalue weighted by Crippen LogP contribution is 2.40. The van der Waals surface area contributed by atoms with Crippen molar-refractivity contribution < 1.29 is 9.59 Å². The lowest BCUT2D eigenvalue weighted by atomic mass is 9.71. The largest absolute Gasteiger partial charge is 0.357 e. The molecule has 1 aromatic heterocycles. The molecule has 1 spiro atoms. The Morgan fingerprint density at radius 3 is 2.30 bits per heavy atom. The van der Waals surface area contributed by atoms with Gasteiger partial charge in [-0.2, -0.15) is 0 Å². The molecule has 6 heteroatoms. The molecule has 0 saturated carbocycles. The molecule has 2 aliphatic heterocycles. The highest BCUT2D eigenvalue weighted by molar-refractivity contribution is 5.98. The van der Waals surface area contributed by atoms with Gasteiger partial charge in [-0.3, -0.25) is 24.6 Å². The van der Waals surface area contributed by atoms with Crippen LogP contribution < -0.4 is 10.7 Å². The number of imide groups is 1. The van der Waals surface area contributed by atoms with Gasteiger partial charge in [-0.05, 0) is 56.3 Å². The fourth-order valence-electron chi connectivity index (χ4n) is 4.57. The number of rotatable bonds is 2. The lowest BCUT2D eigenvalue weighted by Crippen LogP contribution is -2.49. The Kier molecular flexibility index (Phi) is 4.38. The number of hydrogen-bond acceptors (Lipinski definition) is 4. The minimum Gasteiger partial charge on any atom is -0.357 e. The van der Waals surface area contributed by atoms with Crippen LogP contribution in [0.5, 0.6) is 0 Å². The first-order chi connectivity index (χ1) is 12.8. The second kappa shape index (κ2) is 6.60. The number of hydrogen-bond donors (Lipinski definition) is 2. The molecular weight excluding hydrogens is 342 g/mol. The topological polar surface area (TPSA) is 82.3 Å². The number of benzene rings is 1. The number of aromatic nitrogens is 1. The highest BCUT2D eigenvalue weighted by atomic mass is 16.2. The number of aromatic amines is 1. The van der Waals surface area contributed by atoms with Gasteiger partial charge in [0.05, 0.1) is 5.52 Å². The predicted molar refractivity (Wildman–Crippen MR) is 103 cm³/mol. The SMILES string of the molecule is Cc1ccc(C)c2c(=O)cc(CN3CCC4(CC3)CC(=O)NC(=O)C4)[nH]c12. The van der Waals surface area contributed by atoms with Crippen LogP contribution >= 0.6 is 0 Å².